The largest absolute Gasteiger partial charge is 0.416 e. The summed E-state index contributed by atoms with van der Waals surface area (Å²) in [4.78, 5) is 12.7. The molecule has 0 aliphatic heterocycles. The predicted octanol–water partition coefficient (Wildman–Crippen LogP) is 6.19. The van der Waals surface area contributed by atoms with E-state index in [1.54, 1.807) is 0 Å². The highest BCUT2D eigenvalue weighted by Gasteiger charge is 2.33. The number of rotatable bonds is 11. The van der Waals surface area contributed by atoms with Crippen molar-refractivity contribution in [3.05, 3.63) is 100 Å². The number of aryl methyl sites for hydroxylation is 1. The monoisotopic (exact) mass is 605 g/mol. The first-order valence-electron chi connectivity index (χ1n) is 13.9. The van der Waals surface area contributed by atoms with Crippen LogP contribution in [0.4, 0.5) is 17.6 Å². The topological polar surface area (TPSA) is 87.3 Å². The summed E-state index contributed by atoms with van der Waals surface area (Å²) in [6, 6.07) is 13.1. The molecule has 226 valence electrons. The van der Waals surface area contributed by atoms with Gasteiger partial charge in [0, 0.05) is 13.0 Å². The lowest BCUT2D eigenvalue weighted by molar-refractivity contribution is -0.137. The fourth-order valence-corrected chi connectivity index (χ4v) is 6.36. The van der Waals surface area contributed by atoms with Crippen molar-refractivity contribution in [3.8, 4) is 0 Å². The van der Waals surface area contributed by atoms with Crippen LogP contribution in [0.2, 0.25) is 0 Å². The van der Waals surface area contributed by atoms with Gasteiger partial charge in [-0.3, -0.25) is 4.79 Å². The number of hydrogen-bond donors (Lipinski definition) is 3. The van der Waals surface area contributed by atoms with Crippen molar-refractivity contribution in [1.29, 1.82) is 0 Å². The molecule has 4 rings (SSSR count). The number of halogens is 4. The molecule has 3 N–H and O–H groups in total. The number of amides is 1. The maximum atomic E-state index is 13.6. The molecule has 1 amide bonds. The molecule has 0 saturated heterocycles. The van der Waals surface area contributed by atoms with E-state index in [0.29, 0.717) is 24.0 Å². The van der Waals surface area contributed by atoms with Crippen LogP contribution in [0.5, 0.6) is 0 Å². The molecule has 11 heteroatoms. The van der Waals surface area contributed by atoms with Gasteiger partial charge < -0.3 is 10.6 Å². The van der Waals surface area contributed by atoms with Crippen LogP contribution >= 0.6 is 0 Å². The van der Waals surface area contributed by atoms with Gasteiger partial charge in [-0.1, -0.05) is 50.2 Å². The number of nitrogens with one attached hydrogen (secondary N) is 3. The van der Waals surface area contributed by atoms with Gasteiger partial charge in [0.15, 0.2) is 0 Å². The number of alkyl halides is 3. The average molecular weight is 606 g/mol. The second-order valence-electron chi connectivity index (χ2n) is 11.0. The van der Waals surface area contributed by atoms with Gasteiger partial charge in [0.2, 0.25) is 15.9 Å². The minimum atomic E-state index is -4.73. The molecule has 2 unspecified atom stereocenters. The first-order chi connectivity index (χ1) is 19.8. The summed E-state index contributed by atoms with van der Waals surface area (Å²) in [6.07, 6.45) is -2.61. The molecular weight excluding hydrogens is 570 g/mol. The maximum Gasteiger partial charge on any atom is 0.416 e. The van der Waals surface area contributed by atoms with Crippen LogP contribution in [0.15, 0.2) is 71.6 Å². The zero-order valence-electron chi connectivity index (χ0n) is 23.5. The van der Waals surface area contributed by atoms with E-state index in [1.165, 1.54) is 12.1 Å². The Balaban J connectivity index is 1.51. The van der Waals surface area contributed by atoms with Gasteiger partial charge >= 0.3 is 6.18 Å². The Morgan fingerprint density at radius 2 is 1.76 bits per heavy atom. The van der Waals surface area contributed by atoms with E-state index < -0.39 is 44.4 Å². The molecule has 0 bridgehead atoms. The van der Waals surface area contributed by atoms with Crippen molar-refractivity contribution in [2.24, 2.45) is 5.92 Å². The molecule has 0 saturated carbocycles. The van der Waals surface area contributed by atoms with Crippen molar-refractivity contribution >= 4 is 15.9 Å². The Bertz CT molecular complexity index is 1490. The van der Waals surface area contributed by atoms with Gasteiger partial charge in [-0.05, 0) is 84.3 Å². The highest BCUT2D eigenvalue weighted by molar-refractivity contribution is 7.89. The fraction of sp³-hybridized carbons (Fsp3) is 0.387. The quantitative estimate of drug-likeness (QED) is 0.228. The van der Waals surface area contributed by atoms with Crippen molar-refractivity contribution in [2.75, 3.05) is 6.54 Å². The van der Waals surface area contributed by atoms with Crippen LogP contribution in [0, 0.1) is 11.7 Å². The van der Waals surface area contributed by atoms with Gasteiger partial charge in [-0.25, -0.2) is 17.5 Å². The maximum absolute atomic E-state index is 13.6. The molecule has 3 aromatic rings. The summed E-state index contributed by atoms with van der Waals surface area (Å²) in [5.74, 6) is -0.465. The number of carbonyl (C=O) groups excluding carboxylic acids is 1. The lowest BCUT2D eigenvalue weighted by Gasteiger charge is -2.28. The summed E-state index contributed by atoms with van der Waals surface area (Å²) in [6.45, 7) is 5.94. The minimum Gasteiger partial charge on any atom is -0.349 e. The fourth-order valence-electron chi connectivity index (χ4n) is 5.09. The third kappa shape index (κ3) is 8.39. The van der Waals surface area contributed by atoms with Gasteiger partial charge in [0.05, 0.1) is 22.5 Å². The van der Waals surface area contributed by atoms with Crippen LogP contribution in [0.1, 0.15) is 73.0 Å². The third-order valence-electron chi connectivity index (χ3n) is 7.17. The molecule has 6 nitrogen and oxygen atoms in total. The molecule has 42 heavy (non-hydrogen) atoms. The number of carbonyl (C=O) groups is 1. The molecule has 0 spiro atoms. The van der Waals surface area contributed by atoms with E-state index in [0.717, 1.165) is 73.0 Å². The van der Waals surface area contributed by atoms with Gasteiger partial charge in [-0.2, -0.15) is 13.2 Å². The van der Waals surface area contributed by atoms with E-state index >= 15 is 0 Å². The van der Waals surface area contributed by atoms with Crippen LogP contribution in [-0.4, -0.2) is 20.9 Å². The molecule has 1 aliphatic rings. The summed E-state index contributed by atoms with van der Waals surface area (Å²) in [5, 5.41) is 6.43. The Hall–Kier alpha value is -3.28. The van der Waals surface area contributed by atoms with Crippen LogP contribution in [0.25, 0.3) is 0 Å². The summed E-state index contributed by atoms with van der Waals surface area (Å²) < 4.78 is 82.0. The minimum absolute atomic E-state index is 0.270. The molecule has 0 heterocycles. The third-order valence-corrected chi connectivity index (χ3v) is 8.64. The lowest BCUT2D eigenvalue weighted by atomic mass is 9.86. The molecule has 0 aromatic heterocycles. The SMILES string of the molecule is CC(C)CNCc1ccc2c(c1)CCCC2NC(=O)CC(NS(=O)(=O)c1cccc(C(F)(F)F)c1)c1ccc(F)cc1. The van der Waals surface area contributed by atoms with Crippen LogP contribution < -0.4 is 15.4 Å². The second-order valence-corrected chi connectivity index (χ2v) is 12.7. The molecule has 3 aromatic carbocycles. The number of benzene rings is 3. The van der Waals surface area contributed by atoms with E-state index in [-0.39, 0.29) is 12.5 Å². The standard InChI is InChI=1S/C31H35F4N3O3S/c1-20(2)18-36-19-21-9-14-27-23(15-21)5-3-8-28(27)37-30(39)17-29(22-10-12-25(32)13-11-22)38-42(40,41)26-7-4-6-24(16-26)31(33,34)35/h4,6-7,9-16,20,28-29,36,38H,3,5,8,17-19H2,1-2H3,(H,37,39). The van der Waals surface area contributed by atoms with Gasteiger partial charge in [0.25, 0.3) is 0 Å². The number of fused-ring (bicyclic) bond motifs is 1. The summed E-state index contributed by atoms with van der Waals surface area (Å²) >= 11 is 0. The molecule has 0 fully saturated rings. The predicted molar refractivity (Wildman–Crippen MR) is 152 cm³/mol. The Labute approximate surface area is 244 Å². The Morgan fingerprint density at radius 1 is 1.02 bits per heavy atom. The zero-order chi connectivity index (χ0) is 30.5. The van der Waals surface area contributed by atoms with E-state index in [2.05, 4.69) is 35.3 Å². The second kappa shape index (κ2) is 13.4. The summed E-state index contributed by atoms with van der Waals surface area (Å²) in [5.41, 5.74) is 2.49. The van der Waals surface area contributed by atoms with Crippen LogP contribution in [-0.2, 0) is 34.0 Å². The first kappa shape index (κ1) is 31.7. The smallest absolute Gasteiger partial charge is 0.349 e. The molecule has 1 aliphatic carbocycles. The van der Waals surface area contributed by atoms with Gasteiger partial charge in [-0.15, -0.1) is 0 Å². The lowest BCUT2D eigenvalue weighted by Crippen LogP contribution is -2.36. The number of sulfonamides is 1. The summed E-state index contributed by atoms with van der Waals surface area (Å²) in [7, 11) is -4.48. The molecule has 0 radical (unpaired) electrons. The Kier molecular flexibility index (Phi) is 10.1. The average Bonchev–Trinajstić information content (AvgIpc) is 2.92. The molecule has 2 atom stereocenters. The van der Waals surface area contributed by atoms with Crippen molar-refractivity contribution < 1.29 is 30.8 Å². The van der Waals surface area contributed by atoms with Crippen molar-refractivity contribution in [1.82, 2.24) is 15.4 Å². The van der Waals surface area contributed by atoms with E-state index in [4.69, 9.17) is 0 Å². The zero-order valence-corrected chi connectivity index (χ0v) is 24.3. The van der Waals surface area contributed by atoms with Crippen LogP contribution in [0.3, 0.4) is 0 Å². The Morgan fingerprint density at radius 3 is 2.45 bits per heavy atom. The normalized spacial score (nSPS) is 16.2. The number of hydrogen-bond acceptors (Lipinski definition) is 4. The highest BCUT2D eigenvalue weighted by Crippen LogP contribution is 2.32. The van der Waals surface area contributed by atoms with E-state index in [1.807, 2.05) is 12.1 Å². The molecular formula is C31H35F4N3O3S. The van der Waals surface area contributed by atoms with Crippen molar-refractivity contribution in [3.63, 3.8) is 0 Å². The van der Waals surface area contributed by atoms with E-state index in [9.17, 15) is 30.8 Å². The van der Waals surface area contributed by atoms with Gasteiger partial charge in [0.1, 0.15) is 5.82 Å². The first-order valence-corrected chi connectivity index (χ1v) is 15.4. The van der Waals surface area contributed by atoms with Crippen molar-refractivity contribution in [2.45, 2.75) is 69.2 Å². The highest BCUT2D eigenvalue weighted by atomic mass is 32.2.